The Morgan fingerprint density at radius 3 is 2.50 bits per heavy atom. The van der Waals surface area contributed by atoms with E-state index in [2.05, 4.69) is 37.2 Å². The van der Waals surface area contributed by atoms with Crippen LogP contribution in [0.1, 0.15) is 15.9 Å². The first-order valence-corrected chi connectivity index (χ1v) is 7.85. The molecule has 104 valence electrons. The first-order chi connectivity index (χ1) is 9.63. The Balaban J connectivity index is 2.18. The SMILES string of the molecule is COc1ccc(Br)c(C(=O)Nc2ccc(CBr)cc2)c1. The second kappa shape index (κ2) is 6.90. The van der Waals surface area contributed by atoms with E-state index < -0.39 is 0 Å². The summed E-state index contributed by atoms with van der Waals surface area (Å²) in [7, 11) is 1.57. The fraction of sp³-hybridized carbons (Fsp3) is 0.133. The standard InChI is InChI=1S/C15H13Br2NO2/c1-20-12-6-7-14(17)13(8-12)15(19)18-11-4-2-10(9-16)3-5-11/h2-8H,9H2,1H3,(H,18,19). The van der Waals surface area contributed by atoms with Gasteiger partial charge in [-0.15, -0.1) is 0 Å². The molecule has 1 amide bonds. The van der Waals surface area contributed by atoms with E-state index in [-0.39, 0.29) is 5.91 Å². The molecule has 2 rings (SSSR count). The van der Waals surface area contributed by atoms with Gasteiger partial charge in [0.1, 0.15) is 5.75 Å². The largest absolute Gasteiger partial charge is 0.497 e. The number of methoxy groups -OCH3 is 1. The predicted octanol–water partition coefficient (Wildman–Crippen LogP) is 4.60. The molecule has 0 saturated carbocycles. The van der Waals surface area contributed by atoms with E-state index in [9.17, 15) is 4.79 Å². The lowest BCUT2D eigenvalue weighted by molar-refractivity contribution is 0.102. The number of ether oxygens (including phenoxy) is 1. The molecule has 5 heteroatoms. The van der Waals surface area contributed by atoms with Gasteiger partial charge in [-0.2, -0.15) is 0 Å². The Bertz CT molecular complexity index is 612. The molecule has 0 fully saturated rings. The third kappa shape index (κ3) is 3.61. The number of hydrogen-bond donors (Lipinski definition) is 1. The van der Waals surface area contributed by atoms with Gasteiger partial charge >= 0.3 is 0 Å². The zero-order chi connectivity index (χ0) is 14.5. The Labute approximate surface area is 134 Å². The maximum Gasteiger partial charge on any atom is 0.256 e. The van der Waals surface area contributed by atoms with Crippen LogP contribution in [0.25, 0.3) is 0 Å². The lowest BCUT2D eigenvalue weighted by Crippen LogP contribution is -2.12. The summed E-state index contributed by atoms with van der Waals surface area (Å²) in [5.74, 6) is 0.468. The van der Waals surface area contributed by atoms with Crippen LogP contribution in [0.2, 0.25) is 0 Å². The highest BCUT2D eigenvalue weighted by molar-refractivity contribution is 9.10. The molecule has 2 aromatic rings. The summed E-state index contributed by atoms with van der Waals surface area (Å²) < 4.78 is 5.86. The Kier molecular flexibility index (Phi) is 5.20. The van der Waals surface area contributed by atoms with E-state index in [0.29, 0.717) is 11.3 Å². The van der Waals surface area contributed by atoms with Crippen molar-refractivity contribution < 1.29 is 9.53 Å². The van der Waals surface area contributed by atoms with Gasteiger partial charge in [0, 0.05) is 15.5 Å². The molecule has 0 bridgehead atoms. The molecule has 0 aliphatic heterocycles. The van der Waals surface area contributed by atoms with E-state index in [4.69, 9.17) is 4.74 Å². The second-order valence-electron chi connectivity index (χ2n) is 4.13. The number of amides is 1. The van der Waals surface area contributed by atoms with Crippen LogP contribution in [0.15, 0.2) is 46.9 Å². The van der Waals surface area contributed by atoms with Crippen LogP contribution in [0.4, 0.5) is 5.69 Å². The van der Waals surface area contributed by atoms with E-state index in [1.807, 2.05) is 24.3 Å². The van der Waals surface area contributed by atoms with Gasteiger partial charge in [0.15, 0.2) is 0 Å². The highest BCUT2D eigenvalue weighted by Crippen LogP contribution is 2.23. The van der Waals surface area contributed by atoms with E-state index >= 15 is 0 Å². The quantitative estimate of drug-likeness (QED) is 0.764. The molecule has 0 aromatic heterocycles. The van der Waals surface area contributed by atoms with Crippen LogP contribution in [0.5, 0.6) is 5.75 Å². The number of anilines is 1. The third-order valence-electron chi connectivity index (χ3n) is 2.78. The third-order valence-corrected chi connectivity index (χ3v) is 4.12. The van der Waals surface area contributed by atoms with Gasteiger partial charge in [0.2, 0.25) is 0 Å². The van der Waals surface area contributed by atoms with E-state index in [1.54, 1.807) is 25.3 Å². The lowest BCUT2D eigenvalue weighted by atomic mass is 10.2. The predicted molar refractivity (Wildman–Crippen MR) is 87.7 cm³/mol. The minimum Gasteiger partial charge on any atom is -0.497 e. The number of halogens is 2. The van der Waals surface area contributed by atoms with E-state index in [0.717, 1.165) is 21.1 Å². The highest BCUT2D eigenvalue weighted by atomic mass is 79.9. The normalized spacial score (nSPS) is 10.2. The molecule has 0 saturated heterocycles. The molecule has 20 heavy (non-hydrogen) atoms. The number of hydrogen-bond acceptors (Lipinski definition) is 2. The summed E-state index contributed by atoms with van der Waals surface area (Å²) in [5, 5.41) is 3.66. The number of carbonyl (C=O) groups is 1. The van der Waals surface area contributed by atoms with Crippen LogP contribution in [-0.2, 0) is 5.33 Å². The Hall–Kier alpha value is -1.33. The maximum absolute atomic E-state index is 12.3. The average Bonchev–Trinajstić information content (AvgIpc) is 2.48. The first-order valence-electron chi connectivity index (χ1n) is 5.94. The lowest BCUT2D eigenvalue weighted by Gasteiger charge is -2.09. The minimum absolute atomic E-state index is 0.178. The number of alkyl halides is 1. The van der Waals surface area contributed by atoms with Crippen molar-refractivity contribution in [2.45, 2.75) is 5.33 Å². The van der Waals surface area contributed by atoms with Crippen molar-refractivity contribution in [3.63, 3.8) is 0 Å². The Morgan fingerprint density at radius 1 is 1.20 bits per heavy atom. The number of benzene rings is 2. The molecule has 0 aliphatic rings. The topological polar surface area (TPSA) is 38.3 Å². The summed E-state index contributed by atoms with van der Waals surface area (Å²) in [5.41, 5.74) is 2.45. The second-order valence-corrected chi connectivity index (χ2v) is 5.55. The van der Waals surface area contributed by atoms with Crippen molar-refractivity contribution in [2.24, 2.45) is 0 Å². The number of nitrogens with one attached hydrogen (secondary N) is 1. The molecule has 0 radical (unpaired) electrons. The van der Waals surface area contributed by atoms with Gasteiger partial charge in [-0.25, -0.2) is 0 Å². The Morgan fingerprint density at radius 2 is 1.90 bits per heavy atom. The maximum atomic E-state index is 12.3. The van der Waals surface area contributed by atoms with Gasteiger partial charge in [0.25, 0.3) is 5.91 Å². The smallest absolute Gasteiger partial charge is 0.256 e. The average molecular weight is 399 g/mol. The van der Waals surface area contributed by atoms with Crippen LogP contribution >= 0.6 is 31.9 Å². The molecular formula is C15H13Br2NO2. The summed E-state index contributed by atoms with van der Waals surface area (Å²) in [4.78, 5) is 12.3. The molecule has 0 aliphatic carbocycles. The van der Waals surface area contributed by atoms with Crippen molar-refractivity contribution in [2.75, 3.05) is 12.4 Å². The first kappa shape index (κ1) is 15.1. The molecule has 1 N–H and O–H groups in total. The fourth-order valence-electron chi connectivity index (χ4n) is 1.68. The molecule has 0 unspecified atom stereocenters. The van der Waals surface area contributed by atoms with Crippen LogP contribution in [0, 0.1) is 0 Å². The van der Waals surface area contributed by atoms with Crippen molar-refractivity contribution in [1.29, 1.82) is 0 Å². The number of rotatable bonds is 4. The molecule has 0 spiro atoms. The van der Waals surface area contributed by atoms with Crippen LogP contribution in [0.3, 0.4) is 0 Å². The van der Waals surface area contributed by atoms with Crippen LogP contribution < -0.4 is 10.1 Å². The monoisotopic (exact) mass is 397 g/mol. The van der Waals surface area contributed by atoms with Crippen molar-refractivity contribution in [1.82, 2.24) is 0 Å². The van der Waals surface area contributed by atoms with Gasteiger partial charge in [-0.3, -0.25) is 4.79 Å². The van der Waals surface area contributed by atoms with Gasteiger partial charge in [0.05, 0.1) is 12.7 Å². The van der Waals surface area contributed by atoms with Gasteiger partial charge < -0.3 is 10.1 Å². The summed E-state index contributed by atoms with van der Waals surface area (Å²) >= 11 is 6.76. The highest BCUT2D eigenvalue weighted by Gasteiger charge is 2.11. The van der Waals surface area contributed by atoms with Crippen molar-refractivity contribution in [3.8, 4) is 5.75 Å². The minimum atomic E-state index is -0.178. The fourth-order valence-corrected chi connectivity index (χ4v) is 2.48. The van der Waals surface area contributed by atoms with E-state index in [1.165, 1.54) is 0 Å². The zero-order valence-electron chi connectivity index (χ0n) is 10.8. The molecule has 2 aromatic carbocycles. The molecule has 3 nitrogen and oxygen atoms in total. The van der Waals surface area contributed by atoms with Crippen molar-refractivity contribution >= 4 is 43.5 Å². The summed E-state index contributed by atoms with van der Waals surface area (Å²) in [6, 6.07) is 13.0. The van der Waals surface area contributed by atoms with Gasteiger partial charge in [-0.1, -0.05) is 28.1 Å². The molecule has 0 atom stereocenters. The molecular weight excluding hydrogens is 386 g/mol. The summed E-state index contributed by atoms with van der Waals surface area (Å²) in [6.07, 6.45) is 0. The van der Waals surface area contributed by atoms with Gasteiger partial charge in [-0.05, 0) is 51.8 Å². The zero-order valence-corrected chi connectivity index (χ0v) is 14.0. The molecule has 0 heterocycles. The number of carbonyl (C=O) groups excluding carboxylic acids is 1. The summed E-state index contributed by atoms with van der Waals surface area (Å²) in [6.45, 7) is 0. The van der Waals surface area contributed by atoms with Crippen LogP contribution in [-0.4, -0.2) is 13.0 Å². The van der Waals surface area contributed by atoms with Crippen molar-refractivity contribution in [3.05, 3.63) is 58.1 Å².